The van der Waals surface area contributed by atoms with E-state index in [-0.39, 0.29) is 11.3 Å². The smallest absolute Gasteiger partial charge is 0.411 e. The normalized spacial score (nSPS) is 9.47. The van der Waals surface area contributed by atoms with Crippen LogP contribution in [0.25, 0.3) is 0 Å². The van der Waals surface area contributed by atoms with Gasteiger partial charge in [-0.2, -0.15) is 0 Å². The summed E-state index contributed by atoms with van der Waals surface area (Å²) in [5.41, 5.74) is 1.07. The van der Waals surface area contributed by atoms with Crippen LogP contribution < -0.4 is 5.32 Å². The maximum absolute atomic E-state index is 10.9. The third kappa shape index (κ3) is 2.70. The van der Waals surface area contributed by atoms with Gasteiger partial charge in [0.2, 0.25) is 0 Å². The number of rotatable bonds is 2. The number of benzene rings is 1. The maximum Gasteiger partial charge on any atom is 0.411 e. The van der Waals surface area contributed by atoms with Crippen molar-refractivity contribution in [3.05, 3.63) is 29.3 Å². The summed E-state index contributed by atoms with van der Waals surface area (Å²) in [6.45, 7) is 1.77. The van der Waals surface area contributed by atoms with Gasteiger partial charge in [-0.15, -0.1) is 0 Å². The Morgan fingerprint density at radius 1 is 1.40 bits per heavy atom. The molecule has 0 radical (unpaired) electrons. The van der Waals surface area contributed by atoms with Gasteiger partial charge in [-0.3, -0.25) is 5.32 Å². The third-order valence-corrected chi connectivity index (χ3v) is 1.83. The van der Waals surface area contributed by atoms with E-state index in [0.29, 0.717) is 0 Å². The minimum Gasteiger partial charge on any atom is -0.478 e. The summed E-state index contributed by atoms with van der Waals surface area (Å²) in [4.78, 5) is 21.8. The van der Waals surface area contributed by atoms with Crippen molar-refractivity contribution in [1.29, 1.82) is 0 Å². The summed E-state index contributed by atoms with van der Waals surface area (Å²) in [6, 6.07) is 4.71. The zero-order valence-corrected chi connectivity index (χ0v) is 8.40. The van der Waals surface area contributed by atoms with E-state index in [0.717, 1.165) is 5.56 Å². The number of aromatic carboxylic acids is 1. The van der Waals surface area contributed by atoms with Gasteiger partial charge in [0.05, 0.1) is 18.4 Å². The molecule has 1 aromatic rings. The molecule has 0 spiro atoms. The molecule has 0 bridgehead atoms. The fourth-order valence-electron chi connectivity index (χ4n) is 1.11. The van der Waals surface area contributed by atoms with Crippen LogP contribution in [0, 0.1) is 6.92 Å². The summed E-state index contributed by atoms with van der Waals surface area (Å²) >= 11 is 0. The van der Waals surface area contributed by atoms with Gasteiger partial charge < -0.3 is 9.84 Å². The Labute approximate surface area is 86.7 Å². The lowest BCUT2D eigenvalue weighted by atomic mass is 10.1. The van der Waals surface area contributed by atoms with Gasteiger partial charge in [0.1, 0.15) is 0 Å². The highest BCUT2D eigenvalue weighted by atomic mass is 16.5. The summed E-state index contributed by atoms with van der Waals surface area (Å²) < 4.78 is 4.38. The lowest BCUT2D eigenvalue weighted by molar-refractivity contribution is 0.0698. The van der Waals surface area contributed by atoms with Crippen LogP contribution in [0.5, 0.6) is 0 Å². The second-order valence-corrected chi connectivity index (χ2v) is 2.97. The quantitative estimate of drug-likeness (QED) is 0.779. The van der Waals surface area contributed by atoms with E-state index in [1.165, 1.54) is 19.2 Å². The number of hydrogen-bond acceptors (Lipinski definition) is 3. The first kappa shape index (κ1) is 11.0. The maximum atomic E-state index is 10.9. The van der Waals surface area contributed by atoms with E-state index in [1.807, 2.05) is 0 Å². The Bertz CT molecular complexity index is 400. The fraction of sp³-hybridized carbons (Fsp3) is 0.200. The Balaban J connectivity index is 3.06. The first-order valence-electron chi connectivity index (χ1n) is 4.23. The molecule has 0 aliphatic rings. The van der Waals surface area contributed by atoms with Gasteiger partial charge in [0.25, 0.3) is 0 Å². The minimum absolute atomic E-state index is 0.0420. The largest absolute Gasteiger partial charge is 0.478 e. The number of hydrogen-bond donors (Lipinski definition) is 2. The topological polar surface area (TPSA) is 75.6 Å². The molecule has 1 amide bonds. The number of carboxylic acids is 1. The SMILES string of the molecule is COC(=O)Nc1ccc(C)cc1C(=O)O. The van der Waals surface area contributed by atoms with Gasteiger partial charge in [-0.1, -0.05) is 11.6 Å². The molecule has 80 valence electrons. The summed E-state index contributed by atoms with van der Waals surface area (Å²) in [5.74, 6) is -1.09. The molecule has 1 aromatic carbocycles. The van der Waals surface area contributed by atoms with Crippen LogP contribution >= 0.6 is 0 Å². The first-order valence-corrected chi connectivity index (χ1v) is 4.23. The molecular formula is C10H11NO4. The molecule has 0 fully saturated rings. The van der Waals surface area contributed by atoms with Crippen LogP contribution in [0.4, 0.5) is 10.5 Å². The van der Waals surface area contributed by atoms with Gasteiger partial charge in [0.15, 0.2) is 0 Å². The highest BCUT2D eigenvalue weighted by Crippen LogP contribution is 2.17. The van der Waals surface area contributed by atoms with Gasteiger partial charge in [-0.25, -0.2) is 9.59 Å². The molecule has 0 heterocycles. The van der Waals surface area contributed by atoms with Crippen molar-refractivity contribution in [1.82, 2.24) is 0 Å². The molecule has 5 heteroatoms. The fourth-order valence-corrected chi connectivity index (χ4v) is 1.11. The van der Waals surface area contributed by atoms with E-state index in [4.69, 9.17) is 5.11 Å². The van der Waals surface area contributed by atoms with Crippen LogP contribution in [0.2, 0.25) is 0 Å². The summed E-state index contributed by atoms with van der Waals surface area (Å²) in [6.07, 6.45) is -0.693. The molecule has 0 unspecified atom stereocenters. The Morgan fingerprint density at radius 2 is 2.07 bits per heavy atom. The molecule has 0 saturated heterocycles. The molecule has 0 saturated carbocycles. The molecule has 1 rings (SSSR count). The van der Waals surface area contributed by atoms with Gasteiger partial charge >= 0.3 is 12.1 Å². The van der Waals surface area contributed by atoms with Crippen LogP contribution in [0.3, 0.4) is 0 Å². The third-order valence-electron chi connectivity index (χ3n) is 1.83. The molecule has 0 atom stereocenters. The molecule has 0 aliphatic heterocycles. The number of carboxylic acid groups (broad SMARTS) is 1. The van der Waals surface area contributed by atoms with E-state index in [1.54, 1.807) is 13.0 Å². The lowest BCUT2D eigenvalue weighted by Crippen LogP contribution is -2.14. The lowest BCUT2D eigenvalue weighted by Gasteiger charge is -2.07. The van der Waals surface area contributed by atoms with Gasteiger partial charge in [0, 0.05) is 0 Å². The highest BCUT2D eigenvalue weighted by Gasteiger charge is 2.12. The van der Waals surface area contributed by atoms with Crippen molar-refractivity contribution >= 4 is 17.7 Å². The van der Waals surface area contributed by atoms with Crippen molar-refractivity contribution in [2.24, 2.45) is 0 Å². The highest BCUT2D eigenvalue weighted by molar-refractivity contribution is 5.98. The van der Waals surface area contributed by atoms with Crippen molar-refractivity contribution in [3.63, 3.8) is 0 Å². The van der Waals surface area contributed by atoms with E-state index in [2.05, 4.69) is 10.1 Å². The number of nitrogens with one attached hydrogen (secondary N) is 1. The zero-order chi connectivity index (χ0) is 11.4. The van der Waals surface area contributed by atoms with E-state index in [9.17, 15) is 9.59 Å². The standard InChI is InChI=1S/C10H11NO4/c1-6-3-4-8(11-10(14)15-2)7(5-6)9(12)13/h3-5H,1-2H3,(H,11,14)(H,12,13). The monoisotopic (exact) mass is 209 g/mol. The predicted octanol–water partition coefficient (Wildman–Crippen LogP) is 1.87. The number of aryl methyl sites for hydroxylation is 1. The molecule has 0 aliphatic carbocycles. The number of anilines is 1. The van der Waals surface area contributed by atoms with Crippen LogP contribution in [-0.4, -0.2) is 24.3 Å². The number of methoxy groups -OCH3 is 1. The summed E-state index contributed by atoms with van der Waals surface area (Å²) in [7, 11) is 1.21. The van der Waals surface area contributed by atoms with Crippen molar-refractivity contribution < 1.29 is 19.4 Å². The van der Waals surface area contributed by atoms with Crippen LogP contribution in [0.15, 0.2) is 18.2 Å². The molecule has 5 nitrogen and oxygen atoms in total. The zero-order valence-electron chi connectivity index (χ0n) is 8.40. The number of amides is 1. The Hall–Kier alpha value is -2.04. The number of carbonyl (C=O) groups is 2. The van der Waals surface area contributed by atoms with Crippen molar-refractivity contribution in [3.8, 4) is 0 Å². The number of ether oxygens (including phenoxy) is 1. The van der Waals surface area contributed by atoms with Crippen LogP contribution in [0.1, 0.15) is 15.9 Å². The van der Waals surface area contributed by atoms with E-state index >= 15 is 0 Å². The van der Waals surface area contributed by atoms with Gasteiger partial charge in [-0.05, 0) is 19.1 Å². The molecule has 2 N–H and O–H groups in total. The first-order chi connectivity index (χ1) is 7.04. The predicted molar refractivity (Wildman–Crippen MR) is 54.2 cm³/mol. The van der Waals surface area contributed by atoms with Crippen LogP contribution in [-0.2, 0) is 4.74 Å². The second kappa shape index (κ2) is 4.45. The summed E-state index contributed by atoms with van der Waals surface area (Å²) in [5, 5.41) is 11.2. The average molecular weight is 209 g/mol. The Morgan fingerprint density at radius 3 is 2.60 bits per heavy atom. The Kier molecular flexibility index (Phi) is 3.28. The minimum atomic E-state index is -1.09. The molecule has 15 heavy (non-hydrogen) atoms. The molecule has 0 aromatic heterocycles. The average Bonchev–Trinajstić information content (AvgIpc) is 2.20. The molecular weight excluding hydrogens is 198 g/mol. The number of carbonyl (C=O) groups excluding carboxylic acids is 1. The van der Waals surface area contributed by atoms with Crippen molar-refractivity contribution in [2.45, 2.75) is 6.92 Å². The van der Waals surface area contributed by atoms with Crippen molar-refractivity contribution in [2.75, 3.05) is 12.4 Å². The van der Waals surface area contributed by atoms with E-state index < -0.39 is 12.1 Å². The second-order valence-electron chi connectivity index (χ2n) is 2.97.